The van der Waals surface area contributed by atoms with Crippen molar-refractivity contribution in [2.75, 3.05) is 12.4 Å². The van der Waals surface area contributed by atoms with E-state index in [-0.39, 0.29) is 5.91 Å². The number of carbonyl (C=O) groups excluding carboxylic acids is 1. The summed E-state index contributed by atoms with van der Waals surface area (Å²) in [4.78, 5) is 30.5. The highest BCUT2D eigenvalue weighted by molar-refractivity contribution is 7.13. The summed E-state index contributed by atoms with van der Waals surface area (Å²) in [6.45, 7) is 0. The molecule has 13 heteroatoms. The maximum Gasteiger partial charge on any atom is 0.490 e. The summed E-state index contributed by atoms with van der Waals surface area (Å²) in [5.74, 6) is -2.70. The van der Waals surface area contributed by atoms with Gasteiger partial charge in [-0.1, -0.05) is 35.5 Å². The number of carbonyl (C=O) groups is 2. The van der Waals surface area contributed by atoms with Gasteiger partial charge in [-0.05, 0) is 30.3 Å². The van der Waals surface area contributed by atoms with Gasteiger partial charge >= 0.3 is 12.1 Å². The Morgan fingerprint density at radius 3 is 2.50 bits per heavy atom. The average Bonchev–Trinajstić information content (AvgIpc) is 3.56. The van der Waals surface area contributed by atoms with Crippen molar-refractivity contribution < 1.29 is 37.1 Å². The van der Waals surface area contributed by atoms with Crippen LogP contribution in [0.2, 0.25) is 0 Å². The molecule has 0 aliphatic rings. The van der Waals surface area contributed by atoms with Crippen LogP contribution in [0, 0.1) is 0 Å². The molecule has 3 aromatic heterocycles. The van der Waals surface area contributed by atoms with Crippen molar-refractivity contribution in [3.05, 3.63) is 77.8 Å². The first-order valence-electron chi connectivity index (χ1n) is 10.7. The second kappa shape index (κ2) is 11.1. The van der Waals surface area contributed by atoms with Crippen molar-refractivity contribution in [1.29, 1.82) is 0 Å². The standard InChI is InChI=1S/C23H16N4O3S.C2HF3O2/c1-29-22-17(8-5-11-24-22)25-21(28)15-9-10-19-16(12-15)20(27-30-19)18-13-31-23(26-18)14-6-3-2-4-7-14;3-2(4,5)1(6)7/h2-13H,1H3,(H,25,28);(H,6,7). The van der Waals surface area contributed by atoms with E-state index >= 15 is 0 Å². The molecule has 0 unspecified atom stereocenters. The SMILES string of the molecule is COc1ncccc1NC(=O)c1ccc2onc(-c3csc(-c4ccccc4)n3)c2c1.O=C(O)C(F)(F)F. The van der Waals surface area contributed by atoms with E-state index in [9.17, 15) is 18.0 Å². The first kappa shape index (κ1) is 26.3. The Morgan fingerprint density at radius 2 is 1.82 bits per heavy atom. The fraction of sp³-hybridized carbons (Fsp3) is 0.0800. The molecule has 0 spiro atoms. The number of ether oxygens (including phenoxy) is 1. The number of anilines is 1. The molecule has 194 valence electrons. The van der Waals surface area contributed by atoms with Crippen molar-refractivity contribution in [3.8, 4) is 27.8 Å². The summed E-state index contributed by atoms with van der Waals surface area (Å²) in [6.07, 6.45) is -3.48. The zero-order valence-electron chi connectivity index (χ0n) is 19.4. The van der Waals surface area contributed by atoms with E-state index in [0.717, 1.165) is 16.0 Å². The number of aromatic nitrogens is 3. The van der Waals surface area contributed by atoms with Crippen LogP contribution in [0.4, 0.5) is 18.9 Å². The van der Waals surface area contributed by atoms with Crippen molar-refractivity contribution in [3.63, 3.8) is 0 Å². The number of fused-ring (bicyclic) bond motifs is 1. The Hall–Kier alpha value is -4.78. The molecule has 5 aromatic rings. The normalized spacial score (nSPS) is 10.9. The Balaban J connectivity index is 0.000000426. The molecule has 3 heterocycles. The highest BCUT2D eigenvalue weighted by Crippen LogP contribution is 2.33. The van der Waals surface area contributed by atoms with E-state index in [1.165, 1.54) is 18.4 Å². The van der Waals surface area contributed by atoms with Gasteiger partial charge in [0.2, 0.25) is 5.88 Å². The van der Waals surface area contributed by atoms with E-state index in [2.05, 4.69) is 15.5 Å². The molecule has 0 atom stereocenters. The molecule has 0 radical (unpaired) electrons. The van der Waals surface area contributed by atoms with Crippen molar-refractivity contribution in [1.82, 2.24) is 15.1 Å². The first-order chi connectivity index (χ1) is 18.2. The van der Waals surface area contributed by atoms with Crippen LogP contribution in [-0.2, 0) is 4.79 Å². The van der Waals surface area contributed by atoms with Gasteiger partial charge in [-0.3, -0.25) is 4.79 Å². The van der Waals surface area contributed by atoms with Crippen LogP contribution in [0.15, 0.2) is 76.8 Å². The van der Waals surface area contributed by atoms with Crippen LogP contribution in [0.25, 0.3) is 32.9 Å². The van der Waals surface area contributed by atoms with Gasteiger partial charge in [0.05, 0.1) is 12.5 Å². The monoisotopic (exact) mass is 542 g/mol. The number of pyridine rings is 1. The number of thiazole rings is 1. The molecule has 0 bridgehead atoms. The minimum atomic E-state index is -5.08. The lowest BCUT2D eigenvalue weighted by Gasteiger charge is -2.08. The maximum atomic E-state index is 12.8. The molecule has 9 nitrogen and oxygen atoms in total. The van der Waals surface area contributed by atoms with Crippen molar-refractivity contribution in [2.45, 2.75) is 6.18 Å². The van der Waals surface area contributed by atoms with E-state index in [4.69, 9.17) is 24.1 Å². The zero-order chi connectivity index (χ0) is 27.3. The topological polar surface area (TPSA) is 127 Å². The summed E-state index contributed by atoms with van der Waals surface area (Å²) >= 11 is 1.53. The Kier molecular flexibility index (Phi) is 7.67. The Labute approximate surface area is 216 Å². The number of aliphatic carboxylic acids is 1. The largest absolute Gasteiger partial charge is 0.490 e. The fourth-order valence-electron chi connectivity index (χ4n) is 3.20. The zero-order valence-corrected chi connectivity index (χ0v) is 20.2. The van der Waals surface area contributed by atoms with Gasteiger partial charge in [-0.2, -0.15) is 13.2 Å². The van der Waals surface area contributed by atoms with Crippen LogP contribution in [-0.4, -0.2) is 45.4 Å². The van der Waals surface area contributed by atoms with Gasteiger partial charge in [0.25, 0.3) is 5.91 Å². The Morgan fingerprint density at radius 1 is 1.08 bits per heavy atom. The van der Waals surface area contributed by atoms with Crippen LogP contribution in [0.3, 0.4) is 0 Å². The number of halogens is 3. The van der Waals surface area contributed by atoms with Gasteiger partial charge < -0.3 is 19.7 Å². The number of hydrogen-bond acceptors (Lipinski definition) is 8. The lowest BCUT2D eigenvalue weighted by molar-refractivity contribution is -0.192. The van der Waals surface area contributed by atoms with Crippen LogP contribution in [0.5, 0.6) is 5.88 Å². The highest BCUT2D eigenvalue weighted by atomic mass is 32.1. The predicted molar refractivity (Wildman–Crippen MR) is 133 cm³/mol. The molecule has 0 fully saturated rings. The molecule has 38 heavy (non-hydrogen) atoms. The van der Waals surface area contributed by atoms with Gasteiger partial charge in [-0.15, -0.1) is 11.3 Å². The summed E-state index contributed by atoms with van der Waals surface area (Å²) < 4.78 is 42.4. The number of alkyl halides is 3. The van der Waals surface area contributed by atoms with Gasteiger partial charge in [0, 0.05) is 22.7 Å². The molecule has 0 saturated carbocycles. The van der Waals surface area contributed by atoms with Crippen LogP contribution in [0.1, 0.15) is 10.4 Å². The van der Waals surface area contributed by atoms with E-state index in [0.29, 0.717) is 34.1 Å². The summed E-state index contributed by atoms with van der Waals surface area (Å²) in [5.41, 5.74) is 3.88. The molecule has 5 rings (SSSR count). The molecule has 0 aliphatic carbocycles. The van der Waals surface area contributed by atoms with Gasteiger partial charge in [-0.25, -0.2) is 14.8 Å². The van der Waals surface area contributed by atoms with Gasteiger partial charge in [0.1, 0.15) is 22.1 Å². The van der Waals surface area contributed by atoms with E-state index < -0.39 is 12.1 Å². The third-order valence-corrected chi connectivity index (χ3v) is 5.85. The second-order valence-corrected chi connectivity index (χ2v) is 8.32. The van der Waals surface area contributed by atoms with Crippen LogP contribution >= 0.6 is 11.3 Å². The summed E-state index contributed by atoms with van der Waals surface area (Å²) in [7, 11) is 1.50. The fourth-order valence-corrected chi connectivity index (χ4v) is 4.01. The number of methoxy groups -OCH3 is 1. The third-order valence-electron chi connectivity index (χ3n) is 4.95. The summed E-state index contributed by atoms with van der Waals surface area (Å²) in [6, 6.07) is 18.6. The number of carboxylic acid groups (broad SMARTS) is 1. The molecule has 0 aliphatic heterocycles. The van der Waals surface area contributed by atoms with Crippen LogP contribution < -0.4 is 10.1 Å². The number of benzene rings is 2. The predicted octanol–water partition coefficient (Wildman–Crippen LogP) is 5.91. The quantitative estimate of drug-likeness (QED) is 0.281. The number of carboxylic acids is 1. The lowest BCUT2D eigenvalue weighted by Crippen LogP contribution is -2.21. The molecular formula is C25H17F3N4O5S. The van der Waals surface area contributed by atoms with Gasteiger partial charge in [0.15, 0.2) is 5.58 Å². The average molecular weight is 542 g/mol. The van der Waals surface area contributed by atoms with E-state index in [1.54, 1.807) is 36.5 Å². The smallest absolute Gasteiger partial charge is 0.480 e. The number of nitrogens with one attached hydrogen (secondary N) is 1. The van der Waals surface area contributed by atoms with Crippen molar-refractivity contribution in [2.24, 2.45) is 0 Å². The maximum absolute atomic E-state index is 12.8. The molecule has 2 N–H and O–H groups in total. The molecule has 0 saturated heterocycles. The van der Waals surface area contributed by atoms with Crippen molar-refractivity contribution >= 4 is 39.9 Å². The minimum absolute atomic E-state index is 0.288. The van der Waals surface area contributed by atoms with E-state index in [1.807, 2.05) is 35.7 Å². The molecular weight excluding hydrogens is 525 g/mol. The number of nitrogens with zero attached hydrogens (tertiary/aromatic N) is 3. The number of hydrogen-bond donors (Lipinski definition) is 2. The minimum Gasteiger partial charge on any atom is -0.480 e. The first-order valence-corrected chi connectivity index (χ1v) is 11.6. The highest BCUT2D eigenvalue weighted by Gasteiger charge is 2.38. The third kappa shape index (κ3) is 5.95. The lowest BCUT2D eigenvalue weighted by atomic mass is 10.1. The number of rotatable bonds is 5. The summed E-state index contributed by atoms with van der Waals surface area (Å²) in [5, 5.41) is 17.7. The number of amides is 1. The molecule has 1 amide bonds. The Bertz CT molecular complexity index is 1580. The second-order valence-electron chi connectivity index (χ2n) is 7.46. The molecule has 2 aromatic carbocycles.